The van der Waals surface area contributed by atoms with Gasteiger partial charge in [0.15, 0.2) is 0 Å². The Kier molecular flexibility index (Phi) is 3.18. The summed E-state index contributed by atoms with van der Waals surface area (Å²) < 4.78 is 5.30. The first-order chi connectivity index (χ1) is 5.77. The van der Waals surface area contributed by atoms with E-state index in [4.69, 9.17) is 16.3 Å². The van der Waals surface area contributed by atoms with Gasteiger partial charge in [0.2, 0.25) is 0 Å². The van der Waals surface area contributed by atoms with E-state index in [0.717, 1.165) is 11.3 Å². The maximum Gasteiger partial charge on any atom is 0.138 e. The van der Waals surface area contributed by atoms with Gasteiger partial charge in [-0.3, -0.25) is 0 Å². The molecule has 1 aromatic rings. The van der Waals surface area contributed by atoms with Crippen LogP contribution in [0.2, 0.25) is 5.02 Å². The molecule has 0 saturated carbocycles. The van der Waals surface area contributed by atoms with Gasteiger partial charge in [-0.1, -0.05) is 30.3 Å². The van der Waals surface area contributed by atoms with Crippen LogP contribution in [0.25, 0.3) is 6.08 Å². The first kappa shape index (κ1) is 9.14. The van der Waals surface area contributed by atoms with Crippen LogP contribution in [0.4, 0.5) is 0 Å². The van der Waals surface area contributed by atoms with Crippen molar-refractivity contribution in [3.8, 4) is 5.75 Å². The van der Waals surface area contributed by atoms with Gasteiger partial charge in [-0.2, -0.15) is 0 Å². The standard InChI is InChI=1S/C10H11ClO/c1-3-8-5-6-9(11)10(7-8)12-4-2/h3,5-7H,1,4H2,2H3. The summed E-state index contributed by atoms with van der Waals surface area (Å²) in [7, 11) is 0. The summed E-state index contributed by atoms with van der Waals surface area (Å²) in [6, 6.07) is 5.58. The fourth-order valence-corrected chi connectivity index (χ4v) is 1.09. The van der Waals surface area contributed by atoms with Gasteiger partial charge in [0.25, 0.3) is 0 Å². The van der Waals surface area contributed by atoms with E-state index in [2.05, 4.69) is 6.58 Å². The lowest BCUT2D eigenvalue weighted by molar-refractivity contribution is 0.340. The molecule has 0 spiro atoms. The van der Waals surface area contributed by atoms with Gasteiger partial charge in [0, 0.05) is 0 Å². The second-order valence-corrected chi connectivity index (χ2v) is 2.73. The zero-order chi connectivity index (χ0) is 8.97. The van der Waals surface area contributed by atoms with Crippen LogP contribution in [-0.2, 0) is 0 Å². The molecule has 0 aliphatic carbocycles. The van der Waals surface area contributed by atoms with Crippen molar-refractivity contribution in [1.29, 1.82) is 0 Å². The molecule has 0 aliphatic rings. The molecule has 0 unspecified atom stereocenters. The fourth-order valence-electron chi connectivity index (χ4n) is 0.913. The maximum absolute atomic E-state index is 5.87. The molecule has 1 nitrogen and oxygen atoms in total. The summed E-state index contributed by atoms with van der Waals surface area (Å²) in [4.78, 5) is 0. The molecular weight excluding hydrogens is 172 g/mol. The Labute approximate surface area is 77.6 Å². The predicted molar refractivity (Wildman–Crippen MR) is 52.7 cm³/mol. The SMILES string of the molecule is C=Cc1ccc(Cl)c(OCC)c1. The number of halogens is 1. The van der Waals surface area contributed by atoms with Gasteiger partial charge >= 0.3 is 0 Å². The van der Waals surface area contributed by atoms with E-state index < -0.39 is 0 Å². The number of benzene rings is 1. The van der Waals surface area contributed by atoms with E-state index >= 15 is 0 Å². The Morgan fingerprint density at radius 3 is 2.92 bits per heavy atom. The molecule has 0 aromatic heterocycles. The minimum absolute atomic E-state index is 0.625. The lowest BCUT2D eigenvalue weighted by Gasteiger charge is -2.05. The van der Waals surface area contributed by atoms with Crippen molar-refractivity contribution in [2.24, 2.45) is 0 Å². The van der Waals surface area contributed by atoms with Gasteiger partial charge in [0.1, 0.15) is 5.75 Å². The molecule has 2 heteroatoms. The van der Waals surface area contributed by atoms with Crippen molar-refractivity contribution in [2.45, 2.75) is 6.92 Å². The summed E-state index contributed by atoms with van der Waals surface area (Å²) in [5, 5.41) is 0.641. The van der Waals surface area contributed by atoms with Gasteiger partial charge in [-0.25, -0.2) is 0 Å². The highest BCUT2D eigenvalue weighted by molar-refractivity contribution is 6.32. The Bertz CT molecular complexity index is 281. The van der Waals surface area contributed by atoms with Crippen molar-refractivity contribution >= 4 is 17.7 Å². The molecule has 1 aromatic carbocycles. The normalized spacial score (nSPS) is 9.50. The molecule has 12 heavy (non-hydrogen) atoms. The van der Waals surface area contributed by atoms with Crippen molar-refractivity contribution in [3.05, 3.63) is 35.4 Å². The third kappa shape index (κ3) is 2.02. The molecule has 0 bridgehead atoms. The lowest BCUT2D eigenvalue weighted by atomic mass is 10.2. The van der Waals surface area contributed by atoms with Crippen LogP contribution in [0.15, 0.2) is 24.8 Å². The molecular formula is C10H11ClO. The Hall–Kier alpha value is -0.950. The second-order valence-electron chi connectivity index (χ2n) is 2.33. The minimum Gasteiger partial charge on any atom is -0.492 e. The van der Waals surface area contributed by atoms with Crippen LogP contribution in [0.5, 0.6) is 5.75 Å². The second kappa shape index (κ2) is 4.17. The predicted octanol–water partition coefficient (Wildman–Crippen LogP) is 3.38. The van der Waals surface area contributed by atoms with Crippen molar-refractivity contribution in [2.75, 3.05) is 6.61 Å². The summed E-state index contributed by atoms with van der Waals surface area (Å²) in [6.07, 6.45) is 1.76. The van der Waals surface area contributed by atoms with Gasteiger partial charge in [-0.05, 0) is 24.6 Å². The smallest absolute Gasteiger partial charge is 0.138 e. The zero-order valence-corrected chi connectivity index (χ0v) is 7.77. The van der Waals surface area contributed by atoms with Crippen LogP contribution in [0.1, 0.15) is 12.5 Å². The molecule has 0 radical (unpaired) electrons. The van der Waals surface area contributed by atoms with Crippen LogP contribution < -0.4 is 4.74 Å². The highest BCUT2D eigenvalue weighted by Crippen LogP contribution is 2.25. The largest absolute Gasteiger partial charge is 0.492 e. The van der Waals surface area contributed by atoms with Crippen LogP contribution in [-0.4, -0.2) is 6.61 Å². The van der Waals surface area contributed by atoms with E-state index in [0.29, 0.717) is 11.6 Å². The molecule has 64 valence electrons. The molecule has 1 rings (SSSR count). The number of hydrogen-bond donors (Lipinski definition) is 0. The summed E-state index contributed by atoms with van der Waals surface area (Å²) >= 11 is 5.87. The molecule has 0 aliphatic heterocycles. The van der Waals surface area contributed by atoms with Gasteiger partial charge in [0.05, 0.1) is 11.6 Å². The van der Waals surface area contributed by atoms with Crippen LogP contribution in [0.3, 0.4) is 0 Å². The van der Waals surface area contributed by atoms with E-state index in [1.165, 1.54) is 0 Å². The highest BCUT2D eigenvalue weighted by Gasteiger charge is 1.99. The number of hydrogen-bond acceptors (Lipinski definition) is 1. The van der Waals surface area contributed by atoms with E-state index in [1.54, 1.807) is 6.08 Å². The van der Waals surface area contributed by atoms with Crippen molar-refractivity contribution < 1.29 is 4.74 Å². The molecule has 0 amide bonds. The van der Waals surface area contributed by atoms with E-state index in [-0.39, 0.29) is 0 Å². The summed E-state index contributed by atoms with van der Waals surface area (Å²) in [5.41, 5.74) is 1.02. The average molecular weight is 183 g/mol. The molecule has 0 heterocycles. The molecule has 0 atom stereocenters. The lowest BCUT2D eigenvalue weighted by Crippen LogP contribution is -1.92. The third-order valence-electron chi connectivity index (χ3n) is 1.49. The Morgan fingerprint density at radius 1 is 1.58 bits per heavy atom. The molecule has 0 saturated heterocycles. The quantitative estimate of drug-likeness (QED) is 0.697. The monoisotopic (exact) mass is 182 g/mol. The third-order valence-corrected chi connectivity index (χ3v) is 1.80. The minimum atomic E-state index is 0.625. The van der Waals surface area contributed by atoms with Crippen molar-refractivity contribution in [3.63, 3.8) is 0 Å². The zero-order valence-electron chi connectivity index (χ0n) is 7.01. The Morgan fingerprint density at radius 2 is 2.33 bits per heavy atom. The fraction of sp³-hybridized carbons (Fsp3) is 0.200. The molecule has 0 fully saturated rings. The average Bonchev–Trinajstić information content (AvgIpc) is 2.09. The van der Waals surface area contributed by atoms with Crippen LogP contribution in [0, 0.1) is 0 Å². The van der Waals surface area contributed by atoms with Gasteiger partial charge < -0.3 is 4.74 Å². The first-order valence-corrected chi connectivity index (χ1v) is 4.20. The van der Waals surface area contributed by atoms with E-state index in [9.17, 15) is 0 Å². The highest BCUT2D eigenvalue weighted by atomic mass is 35.5. The maximum atomic E-state index is 5.87. The van der Waals surface area contributed by atoms with Crippen molar-refractivity contribution in [1.82, 2.24) is 0 Å². The number of ether oxygens (including phenoxy) is 1. The summed E-state index contributed by atoms with van der Waals surface area (Å²) in [5.74, 6) is 0.719. The van der Waals surface area contributed by atoms with Gasteiger partial charge in [-0.15, -0.1) is 0 Å². The van der Waals surface area contributed by atoms with Crippen LogP contribution >= 0.6 is 11.6 Å². The summed E-state index contributed by atoms with van der Waals surface area (Å²) in [6.45, 7) is 6.22. The topological polar surface area (TPSA) is 9.23 Å². The Balaban J connectivity index is 2.99. The number of rotatable bonds is 3. The van der Waals surface area contributed by atoms with E-state index in [1.807, 2.05) is 25.1 Å². The first-order valence-electron chi connectivity index (χ1n) is 3.82. The molecule has 0 N–H and O–H groups in total.